The number of carbonyl (C=O) groups is 1. The van der Waals surface area contributed by atoms with Gasteiger partial charge in [0.25, 0.3) is 5.91 Å². The van der Waals surface area contributed by atoms with Gasteiger partial charge in [0, 0.05) is 49.4 Å². The molecule has 0 N–H and O–H groups in total. The Kier molecular flexibility index (Phi) is 5.52. The van der Waals surface area contributed by atoms with Crippen molar-refractivity contribution in [1.29, 1.82) is 0 Å². The van der Waals surface area contributed by atoms with Crippen LogP contribution >= 0.6 is 11.8 Å². The molecule has 1 aromatic carbocycles. The highest BCUT2D eigenvalue weighted by Crippen LogP contribution is 2.21. The average Bonchev–Trinajstić information content (AvgIpc) is 3.03. The fourth-order valence-electron chi connectivity index (χ4n) is 2.64. The van der Waals surface area contributed by atoms with Gasteiger partial charge in [-0.15, -0.1) is 11.8 Å². The van der Waals surface area contributed by atoms with Gasteiger partial charge in [-0.05, 0) is 19.1 Å². The van der Waals surface area contributed by atoms with Crippen LogP contribution in [0.5, 0.6) is 0 Å². The quantitative estimate of drug-likeness (QED) is 0.777. The third kappa shape index (κ3) is 4.15. The molecule has 1 aliphatic heterocycles. The molecule has 1 aliphatic rings. The maximum absolute atomic E-state index is 13.6. The maximum atomic E-state index is 13.6. The first kappa shape index (κ1) is 17.0. The number of thioether (sulfide) groups is 1. The van der Waals surface area contributed by atoms with Crippen LogP contribution in [0.1, 0.15) is 16.2 Å². The van der Waals surface area contributed by atoms with E-state index in [0.29, 0.717) is 29.4 Å². The number of aryl methyl sites for hydroxylation is 1. The first-order valence-electron chi connectivity index (χ1n) is 7.96. The topological polar surface area (TPSA) is 49.6 Å². The second-order valence-corrected chi connectivity index (χ2v) is 6.88. The van der Waals surface area contributed by atoms with E-state index in [9.17, 15) is 9.18 Å². The van der Waals surface area contributed by atoms with E-state index in [2.05, 4.69) is 10.1 Å². The summed E-state index contributed by atoms with van der Waals surface area (Å²) >= 11 is 1.53. The van der Waals surface area contributed by atoms with Gasteiger partial charge in [-0.25, -0.2) is 4.39 Å². The molecular formula is C17H20FN3O2S. The molecule has 1 amide bonds. The van der Waals surface area contributed by atoms with E-state index in [1.165, 1.54) is 17.8 Å². The molecule has 0 unspecified atom stereocenters. The highest BCUT2D eigenvalue weighted by molar-refractivity contribution is 7.99. The van der Waals surface area contributed by atoms with E-state index >= 15 is 0 Å². The van der Waals surface area contributed by atoms with Crippen LogP contribution in [0.15, 0.2) is 39.8 Å². The lowest BCUT2D eigenvalue weighted by Crippen LogP contribution is -2.49. The summed E-state index contributed by atoms with van der Waals surface area (Å²) in [6.45, 7) is 5.65. The summed E-state index contributed by atoms with van der Waals surface area (Å²) in [6.07, 6.45) is 0. The van der Waals surface area contributed by atoms with Gasteiger partial charge in [0.15, 0.2) is 0 Å². The summed E-state index contributed by atoms with van der Waals surface area (Å²) in [7, 11) is 0. The number of piperazine rings is 1. The Morgan fingerprint density at radius 1 is 1.29 bits per heavy atom. The SMILES string of the molecule is Cc1cc(C(=O)N2CCN(CCSc3ccccc3F)CC2)on1. The number of carbonyl (C=O) groups excluding carboxylic acids is 1. The van der Waals surface area contributed by atoms with Crippen molar-refractivity contribution < 1.29 is 13.7 Å². The summed E-state index contributed by atoms with van der Waals surface area (Å²) in [5.41, 5.74) is 0.710. The second kappa shape index (κ2) is 7.81. The van der Waals surface area contributed by atoms with E-state index in [1.54, 1.807) is 30.0 Å². The van der Waals surface area contributed by atoms with E-state index in [-0.39, 0.29) is 11.7 Å². The van der Waals surface area contributed by atoms with Crippen molar-refractivity contribution in [2.45, 2.75) is 11.8 Å². The van der Waals surface area contributed by atoms with Gasteiger partial charge in [-0.3, -0.25) is 9.69 Å². The number of nitrogens with zero attached hydrogens (tertiary/aromatic N) is 3. The Morgan fingerprint density at radius 2 is 2.04 bits per heavy atom. The molecule has 128 valence electrons. The standard InChI is InChI=1S/C17H20FN3O2S/c1-13-12-15(23-19-13)17(22)21-8-6-20(7-9-21)10-11-24-16-5-3-2-4-14(16)18/h2-5,12H,6-11H2,1H3. The number of hydrogen-bond donors (Lipinski definition) is 0. The predicted molar refractivity (Wildman–Crippen MR) is 90.7 cm³/mol. The molecule has 0 radical (unpaired) electrons. The lowest BCUT2D eigenvalue weighted by molar-refractivity contribution is 0.0604. The van der Waals surface area contributed by atoms with Crippen molar-refractivity contribution >= 4 is 17.7 Å². The first-order chi connectivity index (χ1) is 11.6. The Morgan fingerprint density at radius 3 is 2.71 bits per heavy atom. The molecule has 2 heterocycles. The van der Waals surface area contributed by atoms with E-state index in [4.69, 9.17) is 4.52 Å². The van der Waals surface area contributed by atoms with Crippen molar-refractivity contribution in [2.75, 3.05) is 38.5 Å². The van der Waals surface area contributed by atoms with Crippen LogP contribution in [0.2, 0.25) is 0 Å². The van der Waals surface area contributed by atoms with Crippen molar-refractivity contribution in [2.24, 2.45) is 0 Å². The number of amides is 1. The Labute approximate surface area is 144 Å². The van der Waals surface area contributed by atoms with Crippen LogP contribution in [0, 0.1) is 12.7 Å². The minimum Gasteiger partial charge on any atom is -0.351 e. The molecule has 1 aromatic heterocycles. The molecule has 1 saturated heterocycles. The summed E-state index contributed by atoms with van der Waals surface area (Å²) in [5, 5.41) is 3.76. The Balaban J connectivity index is 1.42. The minimum absolute atomic E-state index is 0.101. The van der Waals surface area contributed by atoms with Crippen molar-refractivity contribution in [3.63, 3.8) is 0 Å². The van der Waals surface area contributed by atoms with Crippen molar-refractivity contribution in [3.05, 3.63) is 47.6 Å². The predicted octanol–water partition coefficient (Wildman–Crippen LogP) is 2.67. The normalized spacial score (nSPS) is 15.7. The fourth-order valence-corrected chi connectivity index (χ4v) is 3.59. The van der Waals surface area contributed by atoms with Crippen LogP contribution in [0.3, 0.4) is 0 Å². The van der Waals surface area contributed by atoms with Crippen LogP contribution in [0.25, 0.3) is 0 Å². The molecule has 3 rings (SSSR count). The van der Waals surface area contributed by atoms with Gasteiger partial charge in [0.05, 0.1) is 5.69 Å². The fraction of sp³-hybridized carbons (Fsp3) is 0.412. The minimum atomic E-state index is -0.166. The molecule has 0 spiro atoms. The zero-order chi connectivity index (χ0) is 16.9. The number of halogens is 1. The van der Waals surface area contributed by atoms with Crippen LogP contribution in [0.4, 0.5) is 4.39 Å². The van der Waals surface area contributed by atoms with Crippen molar-refractivity contribution in [1.82, 2.24) is 15.0 Å². The average molecular weight is 349 g/mol. The third-order valence-electron chi connectivity index (χ3n) is 4.00. The smallest absolute Gasteiger partial charge is 0.292 e. The third-order valence-corrected chi connectivity index (χ3v) is 5.03. The number of aromatic nitrogens is 1. The molecule has 1 fully saturated rings. The highest BCUT2D eigenvalue weighted by atomic mass is 32.2. The molecule has 0 atom stereocenters. The molecule has 24 heavy (non-hydrogen) atoms. The zero-order valence-electron chi connectivity index (χ0n) is 13.6. The number of benzene rings is 1. The van der Waals surface area contributed by atoms with Crippen LogP contribution in [-0.4, -0.2) is 59.3 Å². The van der Waals surface area contributed by atoms with Crippen LogP contribution in [-0.2, 0) is 0 Å². The van der Waals surface area contributed by atoms with Gasteiger partial charge in [-0.2, -0.15) is 0 Å². The van der Waals surface area contributed by atoms with E-state index in [0.717, 1.165) is 25.4 Å². The summed E-state index contributed by atoms with van der Waals surface area (Å²) in [4.78, 5) is 17.1. The summed E-state index contributed by atoms with van der Waals surface area (Å²) < 4.78 is 18.6. The lowest BCUT2D eigenvalue weighted by atomic mass is 10.2. The van der Waals surface area contributed by atoms with Gasteiger partial charge >= 0.3 is 0 Å². The van der Waals surface area contributed by atoms with Gasteiger partial charge in [0.1, 0.15) is 5.82 Å². The molecular weight excluding hydrogens is 329 g/mol. The molecule has 0 aliphatic carbocycles. The first-order valence-corrected chi connectivity index (χ1v) is 8.94. The molecule has 0 saturated carbocycles. The van der Waals surface area contributed by atoms with E-state index in [1.807, 2.05) is 6.07 Å². The molecule has 2 aromatic rings. The molecule has 0 bridgehead atoms. The monoisotopic (exact) mass is 349 g/mol. The second-order valence-electron chi connectivity index (χ2n) is 5.75. The van der Waals surface area contributed by atoms with E-state index < -0.39 is 0 Å². The van der Waals surface area contributed by atoms with Crippen LogP contribution < -0.4 is 0 Å². The number of rotatable bonds is 5. The van der Waals surface area contributed by atoms with Gasteiger partial charge in [-0.1, -0.05) is 17.3 Å². The maximum Gasteiger partial charge on any atom is 0.292 e. The van der Waals surface area contributed by atoms with Crippen molar-refractivity contribution in [3.8, 4) is 0 Å². The lowest BCUT2D eigenvalue weighted by Gasteiger charge is -2.34. The Bertz CT molecular complexity index is 699. The Hall–Kier alpha value is -1.86. The zero-order valence-corrected chi connectivity index (χ0v) is 14.4. The number of hydrogen-bond acceptors (Lipinski definition) is 5. The largest absolute Gasteiger partial charge is 0.351 e. The highest BCUT2D eigenvalue weighted by Gasteiger charge is 2.24. The van der Waals surface area contributed by atoms with Gasteiger partial charge in [0.2, 0.25) is 5.76 Å². The molecule has 7 heteroatoms. The summed E-state index contributed by atoms with van der Waals surface area (Å²) in [6, 6.07) is 8.50. The van der Waals surface area contributed by atoms with Gasteiger partial charge < -0.3 is 9.42 Å². The summed E-state index contributed by atoms with van der Waals surface area (Å²) in [5.74, 6) is 0.864. The molecule has 5 nitrogen and oxygen atoms in total.